The van der Waals surface area contributed by atoms with Crippen molar-refractivity contribution >= 4 is 66.2 Å². The Balaban J connectivity index is 2.54. The zero-order chi connectivity index (χ0) is 52.3. The maximum Gasteiger partial charge on any atom is 0.514 e. The van der Waals surface area contributed by atoms with Gasteiger partial charge in [-0.1, -0.05) is 38.5 Å². The molecule has 2 N–H and O–H groups in total. The summed E-state index contributed by atoms with van der Waals surface area (Å²) in [6.45, 7) is 12.5. The van der Waals surface area contributed by atoms with Crippen LogP contribution in [0.2, 0.25) is 0 Å². The zero-order valence-corrected chi connectivity index (χ0v) is 37.5. The maximum absolute atomic E-state index is 13.9. The van der Waals surface area contributed by atoms with Crippen LogP contribution in [0.4, 0.5) is 19.2 Å². The average molecular weight is 987 g/mol. The van der Waals surface area contributed by atoms with Crippen molar-refractivity contribution in [2.45, 2.75) is 51.7 Å². The predicted molar refractivity (Wildman–Crippen MR) is 230 cm³/mol. The highest BCUT2D eigenvalue weighted by atomic mass is 16.8. The summed E-state index contributed by atoms with van der Waals surface area (Å²) in [5.41, 5.74) is -0.716. The number of hydrogen-bond acceptors (Lipinski definition) is 23. The topological polar surface area (TPSA) is 339 Å². The van der Waals surface area contributed by atoms with Crippen molar-refractivity contribution in [3.05, 3.63) is 97.1 Å². The third-order valence-corrected chi connectivity index (χ3v) is 7.78. The molecule has 0 spiro atoms. The number of carboxylic acid groups (broad SMARTS) is 2. The number of ketones is 1. The van der Waals surface area contributed by atoms with Gasteiger partial charge in [0.25, 0.3) is 0 Å². The van der Waals surface area contributed by atoms with Gasteiger partial charge in [-0.05, 0) is 50.2 Å². The number of esters is 4. The van der Waals surface area contributed by atoms with Gasteiger partial charge in [-0.3, -0.25) is 24.0 Å². The molecule has 2 aromatic rings. The van der Waals surface area contributed by atoms with E-state index in [0.717, 1.165) is 36.4 Å². The molecule has 25 heteroatoms. The van der Waals surface area contributed by atoms with Crippen LogP contribution in [0, 0.1) is 0 Å². The number of carbonyl (C=O) groups is 11. The van der Waals surface area contributed by atoms with Crippen LogP contribution in [-0.2, 0) is 66.7 Å². The molecule has 0 heterocycles. The van der Waals surface area contributed by atoms with Crippen LogP contribution in [0.15, 0.2) is 86.0 Å². The SMILES string of the molecule is C=CCOC(=O)Oc1ccc(C(=O)c2ccc(OC(=O)OCC(COC(=O)C(=C)C)OC(=O)CCC(=O)O)c(OC(=O)OCC(COC(=O)C(=C)C)OC(=O)CCC(=O)O)c2)cc1OC(=O)OCC=C. The van der Waals surface area contributed by atoms with Gasteiger partial charge in [-0.15, -0.1) is 0 Å². The van der Waals surface area contributed by atoms with Crippen molar-refractivity contribution in [3.8, 4) is 23.0 Å². The molecule has 2 aromatic carbocycles. The largest absolute Gasteiger partial charge is 0.514 e. The highest BCUT2D eigenvalue weighted by Gasteiger charge is 2.26. The van der Waals surface area contributed by atoms with E-state index in [1.54, 1.807) is 0 Å². The number of carboxylic acids is 2. The molecule has 2 atom stereocenters. The van der Waals surface area contributed by atoms with Crippen LogP contribution in [-0.4, -0.2) is 128 Å². The van der Waals surface area contributed by atoms with E-state index in [2.05, 4.69) is 26.3 Å². The van der Waals surface area contributed by atoms with Crippen LogP contribution >= 0.6 is 0 Å². The molecule has 2 rings (SSSR count). The summed E-state index contributed by atoms with van der Waals surface area (Å²) in [4.78, 5) is 135. The van der Waals surface area contributed by atoms with Gasteiger partial charge in [0.15, 0.2) is 41.0 Å². The number of benzene rings is 2. The molecule has 0 aliphatic rings. The monoisotopic (exact) mass is 986 g/mol. The van der Waals surface area contributed by atoms with E-state index in [1.807, 2.05) is 0 Å². The molecule has 0 radical (unpaired) electrons. The number of ether oxygens (including phenoxy) is 12. The Morgan fingerprint density at radius 1 is 0.486 bits per heavy atom. The zero-order valence-electron chi connectivity index (χ0n) is 37.5. The Kier molecular flexibility index (Phi) is 24.1. The fraction of sp³-hybridized carbons (Fsp3) is 0.311. The minimum Gasteiger partial charge on any atom is -0.481 e. The van der Waals surface area contributed by atoms with Gasteiger partial charge in [0.1, 0.15) is 39.6 Å². The Morgan fingerprint density at radius 2 is 0.814 bits per heavy atom. The van der Waals surface area contributed by atoms with Gasteiger partial charge in [0, 0.05) is 22.3 Å². The molecular formula is C45H46O25. The first kappa shape index (κ1) is 57.1. The molecule has 0 aliphatic carbocycles. The Hall–Kier alpha value is -9.03. The normalized spacial score (nSPS) is 11.0. The van der Waals surface area contributed by atoms with E-state index < -0.39 is 154 Å². The van der Waals surface area contributed by atoms with E-state index >= 15 is 0 Å². The van der Waals surface area contributed by atoms with Crippen LogP contribution in [0.3, 0.4) is 0 Å². The summed E-state index contributed by atoms with van der Waals surface area (Å²) in [5.74, 6) is -9.95. The third kappa shape index (κ3) is 22.0. The summed E-state index contributed by atoms with van der Waals surface area (Å²) < 4.78 is 60.5. The molecule has 376 valence electrons. The smallest absolute Gasteiger partial charge is 0.481 e. The molecule has 70 heavy (non-hydrogen) atoms. The van der Waals surface area contributed by atoms with Gasteiger partial charge < -0.3 is 67.1 Å². The van der Waals surface area contributed by atoms with Gasteiger partial charge in [-0.2, -0.15) is 0 Å². The maximum atomic E-state index is 13.9. The van der Waals surface area contributed by atoms with Gasteiger partial charge in [0.2, 0.25) is 0 Å². The van der Waals surface area contributed by atoms with Crippen molar-refractivity contribution in [1.82, 2.24) is 0 Å². The minimum atomic E-state index is -1.63. The summed E-state index contributed by atoms with van der Waals surface area (Å²) in [6.07, 6.45) is -8.88. The second kappa shape index (κ2) is 29.6. The minimum absolute atomic E-state index is 0.0481. The van der Waals surface area contributed by atoms with Crippen molar-refractivity contribution < 1.29 is 120 Å². The molecule has 2 unspecified atom stereocenters. The van der Waals surface area contributed by atoms with Gasteiger partial charge >= 0.3 is 60.4 Å². The first-order valence-corrected chi connectivity index (χ1v) is 20.0. The van der Waals surface area contributed by atoms with Crippen LogP contribution in [0.1, 0.15) is 55.5 Å². The van der Waals surface area contributed by atoms with Crippen LogP contribution in [0.5, 0.6) is 23.0 Å². The van der Waals surface area contributed by atoms with Crippen molar-refractivity contribution in [2.24, 2.45) is 0 Å². The lowest BCUT2D eigenvalue weighted by Gasteiger charge is -2.19. The number of aliphatic carboxylic acids is 2. The molecule has 25 nitrogen and oxygen atoms in total. The number of carbonyl (C=O) groups excluding carboxylic acids is 9. The average Bonchev–Trinajstić information content (AvgIpc) is 3.30. The number of rotatable bonds is 28. The van der Waals surface area contributed by atoms with E-state index in [4.69, 9.17) is 67.1 Å². The fourth-order valence-corrected chi connectivity index (χ4v) is 4.57. The molecular weight excluding hydrogens is 940 g/mol. The van der Waals surface area contributed by atoms with Crippen molar-refractivity contribution in [2.75, 3.05) is 39.6 Å². The molecule has 0 fully saturated rings. The van der Waals surface area contributed by atoms with E-state index in [1.165, 1.54) is 26.0 Å². The molecule has 0 bridgehead atoms. The Labute approximate surface area is 397 Å². The summed E-state index contributed by atoms with van der Waals surface area (Å²) in [7, 11) is 0. The molecule has 0 saturated carbocycles. The lowest BCUT2D eigenvalue weighted by Crippen LogP contribution is -2.32. The highest BCUT2D eigenvalue weighted by molar-refractivity contribution is 6.10. The second-order valence-corrected chi connectivity index (χ2v) is 13.7. The third-order valence-electron chi connectivity index (χ3n) is 7.78. The molecule has 0 saturated heterocycles. The quantitative estimate of drug-likeness (QED) is 0.0278. The van der Waals surface area contributed by atoms with Gasteiger partial charge in [-0.25, -0.2) is 28.8 Å². The summed E-state index contributed by atoms with van der Waals surface area (Å²) >= 11 is 0. The van der Waals surface area contributed by atoms with Crippen molar-refractivity contribution in [1.29, 1.82) is 0 Å². The predicted octanol–water partition coefficient (Wildman–Crippen LogP) is 5.14. The Bertz CT molecular complexity index is 2340. The molecule has 0 amide bonds. The van der Waals surface area contributed by atoms with E-state index in [-0.39, 0.29) is 35.5 Å². The molecule has 0 aromatic heterocycles. The van der Waals surface area contributed by atoms with E-state index in [0.29, 0.717) is 0 Å². The Morgan fingerprint density at radius 3 is 1.14 bits per heavy atom. The standard InChI is InChI=1S/C45H46O25/c1-7-17-59-42(55)67-31-11-9-27(19-33(31)69-43(56)60-18-8-2)39(52)28-10-12-32(68-44(57)63-23-29(21-61-40(53)25(3)4)65-37(50)15-13-35(46)47)34(20-28)70-45(58)64-24-30(22-62-41(54)26(5)6)66-38(51)16-14-36(48)49/h7-12,19-20,29-30H,1-3,5,13-18,21-24H2,4,6H3,(H,46,47)(H,48,49). The number of hydrogen-bond donors (Lipinski definition) is 2. The summed E-state index contributed by atoms with van der Waals surface area (Å²) in [6, 6.07) is 5.96. The van der Waals surface area contributed by atoms with E-state index in [9.17, 15) is 52.7 Å². The van der Waals surface area contributed by atoms with Gasteiger partial charge in [0.05, 0.1) is 25.7 Å². The first-order chi connectivity index (χ1) is 33.1. The first-order valence-electron chi connectivity index (χ1n) is 20.0. The van der Waals surface area contributed by atoms with Crippen LogP contribution < -0.4 is 18.9 Å². The highest BCUT2D eigenvalue weighted by Crippen LogP contribution is 2.33. The molecule has 0 aliphatic heterocycles. The van der Waals surface area contributed by atoms with Crippen LogP contribution in [0.25, 0.3) is 0 Å². The lowest BCUT2D eigenvalue weighted by molar-refractivity contribution is -0.161. The summed E-state index contributed by atoms with van der Waals surface area (Å²) in [5, 5.41) is 17.8. The lowest BCUT2D eigenvalue weighted by atomic mass is 10.0. The van der Waals surface area contributed by atoms with Crippen molar-refractivity contribution in [3.63, 3.8) is 0 Å². The fourth-order valence-electron chi connectivity index (χ4n) is 4.57. The second-order valence-electron chi connectivity index (χ2n) is 13.7.